The highest BCUT2D eigenvalue weighted by molar-refractivity contribution is 9.16. The second kappa shape index (κ2) is 10.2. The van der Waals surface area contributed by atoms with Crippen LogP contribution in [0.25, 0.3) is 0 Å². The van der Waals surface area contributed by atoms with Gasteiger partial charge in [0.1, 0.15) is 0 Å². The molecule has 23 heavy (non-hydrogen) atoms. The van der Waals surface area contributed by atoms with Crippen molar-refractivity contribution in [2.24, 2.45) is 0 Å². The van der Waals surface area contributed by atoms with Gasteiger partial charge >= 0.3 is 0 Å². The second-order valence-corrected chi connectivity index (χ2v) is 16.1. The molecule has 8 unspecified atom stereocenters. The lowest BCUT2D eigenvalue weighted by molar-refractivity contribution is -0.0213. The van der Waals surface area contributed by atoms with Crippen LogP contribution < -0.4 is 0 Å². The molecule has 2 saturated carbocycles. The molecule has 2 aliphatic rings. The number of hydrogen-bond acceptors (Lipinski definition) is 1. The Morgan fingerprint density at radius 2 is 0.478 bits per heavy atom. The Morgan fingerprint density at radius 1 is 0.304 bits per heavy atom. The molecule has 0 N–H and O–H groups in total. The van der Waals surface area contributed by atoms with Crippen LogP contribution in [0.3, 0.4) is 0 Å². The van der Waals surface area contributed by atoms with Gasteiger partial charge in [0.05, 0.1) is 31.5 Å². The first-order chi connectivity index (χ1) is 10.6. The Balaban J connectivity index is 2.19. The molecule has 136 valence electrons. The van der Waals surface area contributed by atoms with Crippen LogP contribution in [0, 0.1) is 0 Å². The molecule has 2 aliphatic carbocycles. The van der Waals surface area contributed by atoms with Crippen molar-refractivity contribution in [1.82, 2.24) is 0 Å². The predicted molar refractivity (Wildman–Crippen MR) is 136 cm³/mol. The zero-order valence-electron chi connectivity index (χ0n) is 11.1. The SMILES string of the molecule is BrC1C(Br)C(Br)C(OC2C(Br)C(Br)C(Br)C(Br)C2Br)C(Br)C1Br. The van der Waals surface area contributed by atoms with E-state index in [1.54, 1.807) is 0 Å². The Kier molecular flexibility index (Phi) is 10.6. The third kappa shape index (κ3) is 5.09. The minimum absolute atomic E-state index is 0.0222. The van der Waals surface area contributed by atoms with Gasteiger partial charge in [0, 0.05) is 29.0 Å². The fraction of sp³-hybridized carbons (Fsp3) is 1.00. The summed E-state index contributed by atoms with van der Waals surface area (Å²) in [4.78, 5) is 2.43. The molecule has 2 fully saturated rings. The summed E-state index contributed by atoms with van der Waals surface area (Å²) in [5, 5.41) is 0. The maximum absolute atomic E-state index is 6.61. The van der Waals surface area contributed by atoms with Gasteiger partial charge in [-0.3, -0.25) is 0 Å². The molecule has 0 amide bonds. The van der Waals surface area contributed by atoms with Crippen LogP contribution in [-0.4, -0.2) is 60.5 Å². The van der Waals surface area contributed by atoms with Crippen LogP contribution in [0.4, 0.5) is 0 Å². The lowest BCUT2D eigenvalue weighted by Crippen LogP contribution is -2.60. The van der Waals surface area contributed by atoms with Crippen molar-refractivity contribution in [1.29, 1.82) is 0 Å². The van der Waals surface area contributed by atoms with Crippen molar-refractivity contribution in [2.75, 3.05) is 0 Å². The van der Waals surface area contributed by atoms with Gasteiger partial charge in [-0.1, -0.05) is 159 Å². The van der Waals surface area contributed by atoms with Crippen LogP contribution in [0.5, 0.6) is 0 Å². The zero-order valence-corrected chi connectivity index (χ0v) is 27.0. The average molecular weight is 971 g/mol. The van der Waals surface area contributed by atoms with E-state index < -0.39 is 0 Å². The normalized spacial score (nSPS) is 58.2. The molecule has 0 aliphatic heterocycles. The first-order valence-corrected chi connectivity index (χ1v) is 15.8. The molecule has 0 aromatic heterocycles. The molecule has 0 aromatic carbocycles. The number of ether oxygens (including phenoxy) is 1. The number of rotatable bonds is 2. The van der Waals surface area contributed by atoms with E-state index in [0.29, 0.717) is 9.65 Å². The van der Waals surface area contributed by atoms with E-state index in [4.69, 9.17) is 4.74 Å². The van der Waals surface area contributed by atoms with Gasteiger partial charge < -0.3 is 4.74 Å². The van der Waals surface area contributed by atoms with E-state index >= 15 is 0 Å². The molecular formula is C12H12Br10O. The van der Waals surface area contributed by atoms with Crippen molar-refractivity contribution in [3.63, 3.8) is 0 Å². The van der Waals surface area contributed by atoms with E-state index in [1.165, 1.54) is 0 Å². The molecule has 1 nitrogen and oxygen atoms in total. The van der Waals surface area contributed by atoms with E-state index in [1.807, 2.05) is 0 Å². The first-order valence-electron chi connectivity index (χ1n) is 6.65. The maximum atomic E-state index is 6.61. The van der Waals surface area contributed by atoms with E-state index in [-0.39, 0.29) is 50.8 Å². The Bertz CT molecular complexity index is 345. The minimum Gasteiger partial charge on any atom is -0.370 e. The largest absolute Gasteiger partial charge is 0.370 e. The fourth-order valence-electron chi connectivity index (χ4n) is 2.61. The summed E-state index contributed by atoms with van der Waals surface area (Å²) >= 11 is 37.9. The fourth-order valence-corrected chi connectivity index (χ4v) is 12.9. The Morgan fingerprint density at radius 3 is 0.696 bits per heavy atom. The zero-order chi connectivity index (χ0) is 17.6. The molecule has 2 rings (SSSR count). The second-order valence-electron chi connectivity index (χ2n) is 5.51. The summed E-state index contributed by atoms with van der Waals surface area (Å²) in [6, 6.07) is 0. The van der Waals surface area contributed by atoms with E-state index in [2.05, 4.69) is 159 Å². The molecule has 8 atom stereocenters. The van der Waals surface area contributed by atoms with Gasteiger partial charge in [0.15, 0.2) is 0 Å². The summed E-state index contributed by atoms with van der Waals surface area (Å²) < 4.78 is 6.61. The van der Waals surface area contributed by atoms with Crippen LogP contribution in [-0.2, 0) is 4.74 Å². The van der Waals surface area contributed by atoms with Crippen LogP contribution in [0.2, 0.25) is 0 Å². The van der Waals surface area contributed by atoms with E-state index in [0.717, 1.165) is 0 Å². The van der Waals surface area contributed by atoms with Crippen molar-refractivity contribution in [3.8, 4) is 0 Å². The number of hydrogen-bond donors (Lipinski definition) is 0. The maximum Gasteiger partial charge on any atom is 0.0852 e. The molecule has 0 aromatic rings. The van der Waals surface area contributed by atoms with Crippen molar-refractivity contribution >= 4 is 159 Å². The molecule has 11 heteroatoms. The molecule has 0 saturated heterocycles. The lowest BCUT2D eigenvalue weighted by Gasteiger charge is -2.47. The van der Waals surface area contributed by atoms with Crippen LogP contribution in [0.15, 0.2) is 0 Å². The molecule has 0 spiro atoms. The van der Waals surface area contributed by atoms with E-state index in [9.17, 15) is 0 Å². The third-order valence-corrected chi connectivity index (χ3v) is 20.9. The topological polar surface area (TPSA) is 9.23 Å². The number of halogens is 10. The smallest absolute Gasteiger partial charge is 0.0852 e. The van der Waals surface area contributed by atoms with Crippen LogP contribution in [0.1, 0.15) is 0 Å². The summed E-state index contributed by atoms with van der Waals surface area (Å²) in [7, 11) is 0. The highest BCUT2D eigenvalue weighted by Crippen LogP contribution is 2.47. The van der Waals surface area contributed by atoms with Gasteiger partial charge in [-0.15, -0.1) is 0 Å². The highest BCUT2D eigenvalue weighted by atomic mass is 79.9. The monoisotopic (exact) mass is 961 g/mol. The average Bonchev–Trinajstić information content (AvgIpc) is 2.54. The minimum atomic E-state index is 0.0222. The molecule has 0 radical (unpaired) electrons. The third-order valence-electron chi connectivity index (χ3n) is 4.00. The first kappa shape index (κ1) is 24.0. The van der Waals surface area contributed by atoms with Crippen molar-refractivity contribution in [2.45, 2.75) is 60.5 Å². The predicted octanol–water partition coefficient (Wildman–Crippen LogP) is 7.40. The van der Waals surface area contributed by atoms with Crippen molar-refractivity contribution in [3.05, 3.63) is 0 Å². The van der Waals surface area contributed by atoms with Gasteiger partial charge in [0.2, 0.25) is 0 Å². The lowest BCUT2D eigenvalue weighted by atomic mass is 9.94. The van der Waals surface area contributed by atoms with Gasteiger partial charge in [-0.2, -0.15) is 0 Å². The molecular weight excluding hydrogens is 959 g/mol. The standard InChI is InChI=1S/C12H12Br10O/c13-1-3(15)7(19)11(8(20)4(1)16)23-12-9(21)5(17)2(14)6(18)10(12)22/h1-12H. The molecule has 0 heterocycles. The number of alkyl halides is 10. The Labute approximate surface area is 221 Å². The summed E-state index contributed by atoms with van der Waals surface area (Å²) in [5.74, 6) is 0. The molecule has 0 bridgehead atoms. The Hall–Kier alpha value is 4.76. The van der Waals surface area contributed by atoms with Crippen molar-refractivity contribution < 1.29 is 4.74 Å². The summed E-state index contributed by atoms with van der Waals surface area (Å²) in [6.45, 7) is 0. The quantitative estimate of drug-likeness (QED) is 0.263. The van der Waals surface area contributed by atoms with Gasteiger partial charge in [0.25, 0.3) is 0 Å². The summed E-state index contributed by atoms with van der Waals surface area (Å²) in [5.41, 5.74) is 0. The highest BCUT2D eigenvalue weighted by Gasteiger charge is 2.52. The van der Waals surface area contributed by atoms with Gasteiger partial charge in [-0.05, 0) is 0 Å². The van der Waals surface area contributed by atoms with Gasteiger partial charge in [-0.25, -0.2) is 0 Å². The van der Waals surface area contributed by atoms with Crippen LogP contribution >= 0.6 is 159 Å². The summed E-state index contributed by atoms with van der Waals surface area (Å²) in [6.07, 6.45) is 0.0443.